The molecule has 21 heavy (non-hydrogen) atoms. The number of rotatable bonds is 3. The Kier molecular flexibility index (Phi) is 4.86. The summed E-state index contributed by atoms with van der Waals surface area (Å²) in [6.07, 6.45) is 0.649. The van der Waals surface area contributed by atoms with E-state index in [0.717, 1.165) is 11.8 Å². The molecule has 1 atom stereocenters. The van der Waals surface area contributed by atoms with Gasteiger partial charge in [-0.1, -0.05) is 17.8 Å². The summed E-state index contributed by atoms with van der Waals surface area (Å²) >= 11 is 6.18. The zero-order valence-electron chi connectivity index (χ0n) is 10.7. The number of nitrogens with zero attached hydrogens (tertiary/aromatic N) is 1. The molecule has 1 aromatic rings. The number of carbonyl (C=O) groups excluding carboxylic acids is 2. The van der Waals surface area contributed by atoms with Crippen molar-refractivity contribution in [3.05, 3.63) is 39.9 Å². The minimum absolute atomic E-state index is 0.0121. The second kappa shape index (κ2) is 6.64. The maximum absolute atomic E-state index is 11.9. The molecule has 0 aromatic heterocycles. The van der Waals surface area contributed by atoms with Crippen molar-refractivity contribution in [3.63, 3.8) is 0 Å². The quantitative estimate of drug-likeness (QED) is 0.489. The summed E-state index contributed by atoms with van der Waals surface area (Å²) in [5.74, 6) is 0.159. The molecule has 1 aliphatic rings. The first kappa shape index (κ1) is 15.4. The molecule has 0 bridgehead atoms. The molecule has 0 aliphatic carbocycles. The highest BCUT2D eigenvalue weighted by Gasteiger charge is 2.26. The van der Waals surface area contributed by atoms with Crippen LogP contribution in [0.15, 0.2) is 24.3 Å². The van der Waals surface area contributed by atoms with Crippen LogP contribution in [-0.4, -0.2) is 32.9 Å². The summed E-state index contributed by atoms with van der Waals surface area (Å²) in [5.41, 5.74) is -0.0515. The first-order valence-electron chi connectivity index (χ1n) is 6.00. The Morgan fingerprint density at radius 3 is 2.86 bits per heavy atom. The van der Waals surface area contributed by atoms with Gasteiger partial charge in [-0.15, -0.1) is 0 Å². The fraction of sp³-hybridized carbons (Fsp3) is 0.250. The number of hydrogen-bond donors (Lipinski definition) is 2. The molecule has 1 aliphatic heterocycles. The van der Waals surface area contributed by atoms with E-state index in [0.29, 0.717) is 6.42 Å². The van der Waals surface area contributed by atoms with Gasteiger partial charge in [0.15, 0.2) is 5.11 Å². The van der Waals surface area contributed by atoms with Crippen molar-refractivity contribution in [2.75, 3.05) is 5.75 Å². The third-order valence-electron chi connectivity index (χ3n) is 2.79. The van der Waals surface area contributed by atoms with E-state index < -0.39 is 16.9 Å². The molecular weight excluding hydrogens is 314 g/mol. The molecule has 9 heteroatoms. The van der Waals surface area contributed by atoms with Crippen LogP contribution in [0.5, 0.6) is 0 Å². The Labute approximate surface area is 129 Å². The summed E-state index contributed by atoms with van der Waals surface area (Å²) in [6.45, 7) is 0. The van der Waals surface area contributed by atoms with Crippen LogP contribution in [0, 0.1) is 10.1 Å². The molecule has 1 aromatic carbocycles. The minimum atomic E-state index is -0.582. The fourth-order valence-electron chi connectivity index (χ4n) is 1.76. The smallest absolute Gasteiger partial charge is 0.270 e. The monoisotopic (exact) mass is 325 g/mol. The number of carbonyl (C=O) groups is 2. The number of non-ortho nitro benzene ring substituents is 1. The number of nitro benzene ring substituents is 1. The van der Waals surface area contributed by atoms with Crippen molar-refractivity contribution in [2.24, 2.45) is 0 Å². The molecule has 0 radical (unpaired) electrons. The highest BCUT2D eigenvalue weighted by Crippen LogP contribution is 2.19. The molecule has 7 nitrogen and oxygen atoms in total. The second-order valence-electron chi connectivity index (χ2n) is 4.24. The predicted molar refractivity (Wildman–Crippen MR) is 82.2 cm³/mol. The summed E-state index contributed by atoms with van der Waals surface area (Å²) in [7, 11) is 0. The van der Waals surface area contributed by atoms with E-state index in [1.165, 1.54) is 30.0 Å². The predicted octanol–water partition coefficient (Wildman–Crippen LogP) is 1.23. The van der Waals surface area contributed by atoms with Crippen molar-refractivity contribution in [2.45, 2.75) is 12.5 Å². The van der Waals surface area contributed by atoms with E-state index in [-0.39, 0.29) is 21.5 Å². The van der Waals surface area contributed by atoms with Crippen LogP contribution in [0.2, 0.25) is 0 Å². The van der Waals surface area contributed by atoms with Crippen LogP contribution < -0.4 is 10.6 Å². The Bertz CT molecular complexity index is 620. The lowest BCUT2D eigenvalue weighted by atomic mass is 10.2. The van der Waals surface area contributed by atoms with Gasteiger partial charge in [0.2, 0.25) is 5.12 Å². The molecule has 0 unspecified atom stereocenters. The first-order chi connectivity index (χ1) is 9.97. The lowest BCUT2D eigenvalue weighted by molar-refractivity contribution is -0.384. The molecule has 1 amide bonds. The Morgan fingerprint density at radius 2 is 2.24 bits per heavy atom. The van der Waals surface area contributed by atoms with E-state index in [4.69, 9.17) is 12.2 Å². The number of nitro groups is 1. The van der Waals surface area contributed by atoms with Gasteiger partial charge in [-0.25, -0.2) is 0 Å². The minimum Gasteiger partial charge on any atom is -0.352 e. The average molecular weight is 325 g/mol. The molecule has 110 valence electrons. The standard InChI is InChI=1S/C12H11N3O4S2/c16-10(7-2-1-3-8(6-7)15(18)19)14-12(20)13-9-4-5-21-11(9)17/h1-3,6,9H,4-5H2,(H2,13,14,16,20)/t9-/m0/s1. The van der Waals surface area contributed by atoms with Crippen molar-refractivity contribution in [1.29, 1.82) is 0 Å². The number of amides is 1. The SMILES string of the molecule is O=C(NC(=S)N[C@H]1CCSC1=O)c1cccc([N+](=O)[O-])c1. The number of nitrogens with one attached hydrogen (secondary N) is 2. The lowest BCUT2D eigenvalue weighted by Crippen LogP contribution is -2.45. The van der Waals surface area contributed by atoms with Gasteiger partial charge in [-0.3, -0.25) is 25.0 Å². The molecule has 0 spiro atoms. The molecule has 1 saturated heterocycles. The van der Waals surface area contributed by atoms with Gasteiger partial charge < -0.3 is 5.32 Å². The Morgan fingerprint density at radius 1 is 1.48 bits per heavy atom. The fourth-order valence-corrected chi connectivity index (χ4v) is 2.92. The number of hydrogen-bond acceptors (Lipinski definition) is 6. The number of thiocarbonyl (C=S) groups is 1. The normalized spacial score (nSPS) is 17.3. The van der Waals surface area contributed by atoms with Crippen molar-refractivity contribution in [3.8, 4) is 0 Å². The van der Waals surface area contributed by atoms with E-state index in [2.05, 4.69) is 10.6 Å². The topological polar surface area (TPSA) is 101 Å². The van der Waals surface area contributed by atoms with Crippen molar-refractivity contribution >= 4 is 45.8 Å². The summed E-state index contributed by atoms with van der Waals surface area (Å²) in [5, 5.41) is 15.9. The summed E-state index contributed by atoms with van der Waals surface area (Å²) in [4.78, 5) is 33.5. The summed E-state index contributed by atoms with van der Waals surface area (Å²) in [6, 6.07) is 4.92. The molecular formula is C12H11N3O4S2. The van der Waals surface area contributed by atoms with Gasteiger partial charge >= 0.3 is 0 Å². The first-order valence-corrected chi connectivity index (χ1v) is 7.39. The van der Waals surface area contributed by atoms with E-state index in [9.17, 15) is 19.7 Å². The second-order valence-corrected chi connectivity index (χ2v) is 5.75. The molecule has 2 N–H and O–H groups in total. The van der Waals surface area contributed by atoms with Crippen LogP contribution in [-0.2, 0) is 4.79 Å². The van der Waals surface area contributed by atoms with E-state index in [1.807, 2.05) is 0 Å². The largest absolute Gasteiger partial charge is 0.352 e. The van der Waals surface area contributed by atoms with Crippen LogP contribution >= 0.6 is 24.0 Å². The number of benzene rings is 1. The van der Waals surface area contributed by atoms with E-state index >= 15 is 0 Å². The molecule has 1 fully saturated rings. The highest BCUT2D eigenvalue weighted by atomic mass is 32.2. The number of thioether (sulfide) groups is 1. The Balaban J connectivity index is 1.97. The lowest BCUT2D eigenvalue weighted by Gasteiger charge is -2.13. The molecule has 0 saturated carbocycles. The van der Waals surface area contributed by atoms with Crippen LogP contribution in [0.1, 0.15) is 16.8 Å². The van der Waals surface area contributed by atoms with Gasteiger partial charge in [0.1, 0.15) is 0 Å². The zero-order chi connectivity index (χ0) is 15.4. The maximum atomic E-state index is 11.9. The third kappa shape index (κ3) is 3.99. The van der Waals surface area contributed by atoms with Crippen LogP contribution in [0.25, 0.3) is 0 Å². The highest BCUT2D eigenvalue weighted by molar-refractivity contribution is 8.14. The van der Waals surface area contributed by atoms with Gasteiger partial charge in [-0.05, 0) is 24.7 Å². The zero-order valence-corrected chi connectivity index (χ0v) is 12.3. The maximum Gasteiger partial charge on any atom is 0.270 e. The van der Waals surface area contributed by atoms with Gasteiger partial charge in [0, 0.05) is 23.4 Å². The van der Waals surface area contributed by atoms with Gasteiger partial charge in [0.05, 0.1) is 11.0 Å². The van der Waals surface area contributed by atoms with E-state index in [1.54, 1.807) is 0 Å². The van der Waals surface area contributed by atoms with Crippen molar-refractivity contribution < 1.29 is 14.5 Å². The molecule has 2 rings (SSSR count). The van der Waals surface area contributed by atoms with Crippen LogP contribution in [0.4, 0.5) is 5.69 Å². The summed E-state index contributed by atoms with van der Waals surface area (Å²) < 4.78 is 0. The van der Waals surface area contributed by atoms with Crippen LogP contribution in [0.3, 0.4) is 0 Å². The van der Waals surface area contributed by atoms with Gasteiger partial charge in [0.25, 0.3) is 11.6 Å². The third-order valence-corrected chi connectivity index (χ3v) is 4.02. The molecule has 1 heterocycles. The van der Waals surface area contributed by atoms with Crippen molar-refractivity contribution in [1.82, 2.24) is 10.6 Å². The average Bonchev–Trinajstić information content (AvgIpc) is 2.84. The Hall–Kier alpha value is -2.00. The van der Waals surface area contributed by atoms with Gasteiger partial charge in [-0.2, -0.15) is 0 Å².